The lowest BCUT2D eigenvalue weighted by molar-refractivity contribution is 0.0885. The van der Waals surface area contributed by atoms with E-state index in [-0.39, 0.29) is 0 Å². The van der Waals surface area contributed by atoms with Gasteiger partial charge in [0.25, 0.3) is 0 Å². The van der Waals surface area contributed by atoms with Gasteiger partial charge in [0.05, 0.1) is 0 Å². The van der Waals surface area contributed by atoms with E-state index in [2.05, 4.69) is 46.4 Å². The fraction of sp³-hybridized carbons (Fsp3) is 1.00. The third kappa shape index (κ3) is 4.71. The summed E-state index contributed by atoms with van der Waals surface area (Å²) in [6.07, 6.45) is 12.4. The van der Waals surface area contributed by atoms with Crippen LogP contribution in [-0.4, -0.2) is 23.5 Å². The van der Waals surface area contributed by atoms with E-state index in [1.807, 2.05) is 0 Å². The summed E-state index contributed by atoms with van der Waals surface area (Å²) >= 11 is 0. The fourth-order valence-corrected chi connectivity index (χ4v) is 4.60. The topological polar surface area (TPSA) is 3.24 Å². The maximum atomic E-state index is 2.83. The molecule has 0 saturated carbocycles. The summed E-state index contributed by atoms with van der Waals surface area (Å²) in [5.74, 6) is 0.923. The van der Waals surface area contributed by atoms with Crippen molar-refractivity contribution >= 4 is 0 Å². The molecule has 1 heteroatoms. The molecule has 1 saturated heterocycles. The van der Waals surface area contributed by atoms with E-state index in [9.17, 15) is 0 Å². The Bertz CT molecular complexity index is 288. The molecule has 0 aliphatic carbocycles. The van der Waals surface area contributed by atoms with Gasteiger partial charge in [-0.1, -0.05) is 60.3 Å². The molecular weight excluding hydrogens is 254 g/mol. The molecule has 0 aromatic carbocycles. The standard InChI is InChI=1S/C20H41N/c1-7-11-15-19(5,13-8-2)18-12-16-21(17-18)20(6,10-4)14-9-3/h18H,7-17H2,1-6H3. The van der Waals surface area contributed by atoms with Crippen molar-refractivity contribution < 1.29 is 0 Å². The highest BCUT2D eigenvalue weighted by Crippen LogP contribution is 2.44. The maximum absolute atomic E-state index is 2.83. The first-order valence-electron chi connectivity index (χ1n) is 9.70. The van der Waals surface area contributed by atoms with Crippen LogP contribution < -0.4 is 0 Å². The van der Waals surface area contributed by atoms with Crippen LogP contribution in [0.15, 0.2) is 0 Å². The van der Waals surface area contributed by atoms with Gasteiger partial charge in [0, 0.05) is 12.1 Å². The Morgan fingerprint density at radius 2 is 1.57 bits per heavy atom. The first-order chi connectivity index (χ1) is 9.95. The van der Waals surface area contributed by atoms with Gasteiger partial charge in [0.1, 0.15) is 0 Å². The molecule has 0 aromatic heterocycles. The first kappa shape index (κ1) is 19.0. The Morgan fingerprint density at radius 3 is 2.10 bits per heavy atom. The van der Waals surface area contributed by atoms with Gasteiger partial charge in [-0.15, -0.1) is 0 Å². The molecule has 0 N–H and O–H groups in total. The van der Waals surface area contributed by atoms with E-state index >= 15 is 0 Å². The van der Waals surface area contributed by atoms with Gasteiger partial charge < -0.3 is 0 Å². The average molecular weight is 296 g/mol. The van der Waals surface area contributed by atoms with Crippen molar-refractivity contribution in [1.29, 1.82) is 0 Å². The monoisotopic (exact) mass is 295 g/mol. The second-order valence-electron chi connectivity index (χ2n) is 8.04. The number of unbranched alkanes of at least 4 members (excludes halogenated alkanes) is 1. The van der Waals surface area contributed by atoms with Gasteiger partial charge in [-0.3, -0.25) is 4.90 Å². The Labute approximate surface area is 134 Å². The van der Waals surface area contributed by atoms with Gasteiger partial charge in [-0.2, -0.15) is 0 Å². The summed E-state index contributed by atoms with van der Waals surface area (Å²) in [7, 11) is 0. The van der Waals surface area contributed by atoms with E-state index in [0.29, 0.717) is 11.0 Å². The number of hydrogen-bond acceptors (Lipinski definition) is 1. The zero-order chi connectivity index (χ0) is 15.9. The first-order valence-corrected chi connectivity index (χ1v) is 9.70. The molecule has 1 aliphatic heterocycles. The minimum absolute atomic E-state index is 0.446. The molecule has 3 unspecified atom stereocenters. The quantitative estimate of drug-likeness (QED) is 0.459. The molecule has 1 rings (SSSR count). The van der Waals surface area contributed by atoms with Crippen molar-refractivity contribution in [3.05, 3.63) is 0 Å². The molecule has 1 nitrogen and oxygen atoms in total. The highest BCUT2D eigenvalue weighted by Gasteiger charge is 2.41. The number of likely N-dealkylation sites (tertiary alicyclic amines) is 1. The van der Waals surface area contributed by atoms with Crippen LogP contribution in [0, 0.1) is 11.3 Å². The Kier molecular flexibility index (Phi) is 7.74. The van der Waals surface area contributed by atoms with Crippen LogP contribution in [-0.2, 0) is 0 Å². The van der Waals surface area contributed by atoms with Crippen molar-refractivity contribution in [2.45, 2.75) is 105 Å². The lowest BCUT2D eigenvalue weighted by Gasteiger charge is -2.41. The summed E-state index contributed by atoms with van der Waals surface area (Å²) in [4.78, 5) is 2.83. The second kappa shape index (κ2) is 8.56. The fourth-order valence-electron chi connectivity index (χ4n) is 4.60. The van der Waals surface area contributed by atoms with Crippen LogP contribution in [0.3, 0.4) is 0 Å². The van der Waals surface area contributed by atoms with Crippen molar-refractivity contribution in [2.24, 2.45) is 11.3 Å². The van der Waals surface area contributed by atoms with E-state index in [4.69, 9.17) is 0 Å². The summed E-state index contributed by atoms with van der Waals surface area (Å²) in [5.41, 5.74) is 1.03. The maximum Gasteiger partial charge on any atom is 0.0178 e. The summed E-state index contributed by atoms with van der Waals surface area (Å²) < 4.78 is 0. The van der Waals surface area contributed by atoms with Gasteiger partial charge in [-0.05, 0) is 56.9 Å². The highest BCUT2D eigenvalue weighted by atomic mass is 15.2. The molecule has 0 spiro atoms. The third-order valence-corrected chi connectivity index (χ3v) is 6.41. The third-order valence-electron chi connectivity index (χ3n) is 6.41. The predicted octanol–water partition coefficient (Wildman–Crippen LogP) is 6.27. The largest absolute Gasteiger partial charge is 0.298 e. The molecule has 1 heterocycles. The Balaban J connectivity index is 2.73. The highest BCUT2D eigenvalue weighted by molar-refractivity contribution is 4.95. The second-order valence-corrected chi connectivity index (χ2v) is 8.04. The summed E-state index contributed by atoms with van der Waals surface area (Å²) in [5, 5.41) is 0. The normalized spacial score (nSPS) is 25.7. The summed E-state index contributed by atoms with van der Waals surface area (Å²) in [6.45, 7) is 17.2. The van der Waals surface area contributed by atoms with Gasteiger partial charge in [0.2, 0.25) is 0 Å². The molecule has 1 fully saturated rings. The average Bonchev–Trinajstić information content (AvgIpc) is 2.97. The lowest BCUT2D eigenvalue weighted by Crippen LogP contribution is -2.45. The van der Waals surface area contributed by atoms with Crippen LogP contribution in [0.2, 0.25) is 0 Å². The van der Waals surface area contributed by atoms with Crippen molar-refractivity contribution in [1.82, 2.24) is 4.90 Å². The zero-order valence-electron chi connectivity index (χ0n) is 15.8. The number of nitrogens with zero attached hydrogens (tertiary/aromatic N) is 1. The van der Waals surface area contributed by atoms with Crippen molar-refractivity contribution in [3.63, 3.8) is 0 Å². The Hall–Kier alpha value is -0.0400. The predicted molar refractivity (Wildman–Crippen MR) is 95.8 cm³/mol. The van der Waals surface area contributed by atoms with Crippen LogP contribution in [0.1, 0.15) is 99.3 Å². The smallest absolute Gasteiger partial charge is 0.0178 e. The zero-order valence-corrected chi connectivity index (χ0v) is 15.8. The van der Waals surface area contributed by atoms with Gasteiger partial charge in [0.15, 0.2) is 0 Å². The number of hydrogen-bond donors (Lipinski definition) is 0. The van der Waals surface area contributed by atoms with E-state index in [1.54, 1.807) is 0 Å². The molecule has 1 aliphatic rings. The van der Waals surface area contributed by atoms with E-state index in [0.717, 1.165) is 5.92 Å². The minimum Gasteiger partial charge on any atom is -0.298 e. The molecule has 126 valence electrons. The Morgan fingerprint density at radius 1 is 0.905 bits per heavy atom. The summed E-state index contributed by atoms with van der Waals surface area (Å²) in [6, 6.07) is 0. The van der Waals surface area contributed by atoms with Gasteiger partial charge >= 0.3 is 0 Å². The van der Waals surface area contributed by atoms with Crippen molar-refractivity contribution in [3.8, 4) is 0 Å². The molecule has 0 bridgehead atoms. The van der Waals surface area contributed by atoms with Crippen molar-refractivity contribution in [2.75, 3.05) is 13.1 Å². The minimum atomic E-state index is 0.446. The molecule has 0 radical (unpaired) electrons. The number of rotatable bonds is 10. The molecule has 0 amide bonds. The van der Waals surface area contributed by atoms with Gasteiger partial charge in [-0.25, -0.2) is 0 Å². The molecule has 21 heavy (non-hydrogen) atoms. The van der Waals surface area contributed by atoms with Crippen LogP contribution >= 0.6 is 0 Å². The van der Waals surface area contributed by atoms with E-state index in [1.165, 1.54) is 70.9 Å². The van der Waals surface area contributed by atoms with E-state index < -0.39 is 0 Å². The van der Waals surface area contributed by atoms with Crippen LogP contribution in [0.25, 0.3) is 0 Å². The SMILES string of the molecule is CCCCC(C)(CCC)C1CCN(C(C)(CC)CCC)C1. The van der Waals surface area contributed by atoms with Crippen LogP contribution in [0.5, 0.6) is 0 Å². The molecular formula is C20H41N. The molecule has 0 aromatic rings. The van der Waals surface area contributed by atoms with Crippen LogP contribution in [0.4, 0.5) is 0 Å². The lowest BCUT2D eigenvalue weighted by atomic mass is 9.70. The molecule has 3 atom stereocenters.